The van der Waals surface area contributed by atoms with Gasteiger partial charge in [-0.3, -0.25) is 4.79 Å². The zero-order chi connectivity index (χ0) is 19.1. The third-order valence-electron chi connectivity index (χ3n) is 3.57. The van der Waals surface area contributed by atoms with E-state index < -0.39 is 5.91 Å². The van der Waals surface area contributed by atoms with Gasteiger partial charge in [-0.2, -0.15) is 5.26 Å². The van der Waals surface area contributed by atoms with Gasteiger partial charge in [0.25, 0.3) is 5.91 Å². The molecule has 0 saturated carbocycles. The number of carbonyl (C=O) groups excluding carboxylic acids is 1. The van der Waals surface area contributed by atoms with Crippen molar-refractivity contribution in [3.8, 4) is 23.3 Å². The number of phenols is 1. The average Bonchev–Trinajstić information content (AvgIpc) is 2.66. The summed E-state index contributed by atoms with van der Waals surface area (Å²) in [6.45, 7) is 0.260. The summed E-state index contributed by atoms with van der Waals surface area (Å²) in [5.41, 5.74) is 1.03. The van der Waals surface area contributed by atoms with E-state index in [9.17, 15) is 15.2 Å². The number of nitrogens with one attached hydrogen (secondary N) is 1. The molecule has 2 rings (SSSR count). The number of halogens is 1. The summed E-state index contributed by atoms with van der Waals surface area (Å²) in [4.78, 5) is 12.3. The Morgan fingerprint density at radius 2 is 1.96 bits per heavy atom. The summed E-state index contributed by atoms with van der Waals surface area (Å²) in [5.74, 6) is 0.270. The van der Waals surface area contributed by atoms with E-state index in [0.717, 1.165) is 11.3 Å². The van der Waals surface area contributed by atoms with Crippen molar-refractivity contribution in [1.29, 1.82) is 5.26 Å². The fourth-order valence-corrected chi connectivity index (χ4v) is 2.64. The molecule has 0 saturated heterocycles. The van der Waals surface area contributed by atoms with Gasteiger partial charge >= 0.3 is 0 Å². The Labute approximate surface area is 159 Å². The van der Waals surface area contributed by atoms with Crippen molar-refractivity contribution in [3.05, 3.63) is 57.6 Å². The van der Waals surface area contributed by atoms with E-state index in [0.29, 0.717) is 10.0 Å². The molecule has 0 aliphatic rings. The van der Waals surface area contributed by atoms with Crippen molar-refractivity contribution in [1.82, 2.24) is 5.32 Å². The van der Waals surface area contributed by atoms with Gasteiger partial charge in [-0.15, -0.1) is 0 Å². The van der Waals surface area contributed by atoms with E-state index in [1.807, 2.05) is 18.2 Å². The van der Waals surface area contributed by atoms with Crippen molar-refractivity contribution in [2.75, 3.05) is 14.2 Å². The monoisotopic (exact) mass is 416 g/mol. The number of hydrogen-bond donors (Lipinski definition) is 2. The molecule has 134 valence electrons. The highest BCUT2D eigenvalue weighted by molar-refractivity contribution is 9.10. The lowest BCUT2D eigenvalue weighted by Crippen LogP contribution is -2.23. The van der Waals surface area contributed by atoms with Gasteiger partial charge in [0.05, 0.1) is 14.2 Å². The first-order valence-electron chi connectivity index (χ1n) is 7.58. The van der Waals surface area contributed by atoms with Gasteiger partial charge < -0.3 is 19.9 Å². The second kappa shape index (κ2) is 8.92. The van der Waals surface area contributed by atoms with Crippen LogP contribution in [-0.2, 0) is 11.3 Å². The van der Waals surface area contributed by atoms with E-state index in [4.69, 9.17) is 9.47 Å². The first-order chi connectivity index (χ1) is 12.5. The lowest BCUT2D eigenvalue weighted by molar-refractivity contribution is -0.117. The fourth-order valence-electron chi connectivity index (χ4n) is 2.19. The number of amides is 1. The number of nitriles is 1. The Balaban J connectivity index is 2.17. The standard InChI is InChI=1S/C19H17BrN2O4/c1-25-16-5-3-12(4-6-16)11-22-19(24)14(10-21)7-13-8-15(20)9-17(26-2)18(13)23/h3-9,23H,11H2,1-2H3,(H,22,24)/b14-7-. The largest absolute Gasteiger partial charge is 0.504 e. The van der Waals surface area contributed by atoms with Crippen molar-refractivity contribution >= 4 is 27.9 Å². The third kappa shape index (κ3) is 4.77. The third-order valence-corrected chi connectivity index (χ3v) is 4.02. The normalized spacial score (nSPS) is 10.8. The number of methoxy groups -OCH3 is 2. The maximum atomic E-state index is 12.3. The molecule has 0 heterocycles. The van der Waals surface area contributed by atoms with Crippen LogP contribution in [0.1, 0.15) is 11.1 Å². The quantitative estimate of drug-likeness (QED) is 0.556. The van der Waals surface area contributed by atoms with Crippen LogP contribution in [-0.4, -0.2) is 25.2 Å². The Bertz CT molecular complexity index is 870. The molecule has 7 heteroatoms. The van der Waals surface area contributed by atoms with E-state index in [1.54, 1.807) is 31.4 Å². The summed E-state index contributed by atoms with van der Waals surface area (Å²) in [5, 5.41) is 22.1. The lowest BCUT2D eigenvalue weighted by atomic mass is 10.1. The number of aromatic hydroxyl groups is 1. The number of rotatable bonds is 6. The smallest absolute Gasteiger partial charge is 0.262 e. The minimum atomic E-state index is -0.540. The van der Waals surface area contributed by atoms with Crippen molar-refractivity contribution in [2.24, 2.45) is 0 Å². The Morgan fingerprint density at radius 3 is 2.54 bits per heavy atom. The van der Waals surface area contributed by atoms with Gasteiger partial charge in [0, 0.05) is 16.6 Å². The second-order valence-corrected chi connectivity index (χ2v) is 6.16. The van der Waals surface area contributed by atoms with Crippen LogP contribution in [0.3, 0.4) is 0 Å². The van der Waals surface area contributed by atoms with Crippen LogP contribution in [0.15, 0.2) is 46.4 Å². The summed E-state index contributed by atoms with van der Waals surface area (Å²) in [6, 6.07) is 12.2. The fraction of sp³-hybridized carbons (Fsp3) is 0.158. The van der Waals surface area contributed by atoms with Gasteiger partial charge in [-0.25, -0.2) is 0 Å². The molecular formula is C19H17BrN2O4. The summed E-state index contributed by atoms with van der Waals surface area (Å²) < 4.78 is 10.8. The zero-order valence-electron chi connectivity index (χ0n) is 14.2. The Hall–Kier alpha value is -2.98. The predicted molar refractivity (Wildman–Crippen MR) is 101 cm³/mol. The summed E-state index contributed by atoms with van der Waals surface area (Å²) >= 11 is 3.30. The van der Waals surface area contributed by atoms with Gasteiger partial charge in [0.2, 0.25) is 0 Å². The van der Waals surface area contributed by atoms with E-state index >= 15 is 0 Å². The number of hydrogen-bond acceptors (Lipinski definition) is 5. The minimum absolute atomic E-state index is 0.131. The van der Waals surface area contributed by atoms with Crippen LogP contribution in [0.5, 0.6) is 17.2 Å². The number of nitrogens with zero attached hydrogens (tertiary/aromatic N) is 1. The molecule has 2 aromatic carbocycles. The van der Waals surface area contributed by atoms with Crippen molar-refractivity contribution < 1.29 is 19.4 Å². The second-order valence-electron chi connectivity index (χ2n) is 5.25. The predicted octanol–water partition coefficient (Wildman–Crippen LogP) is 3.40. The molecule has 6 nitrogen and oxygen atoms in total. The van der Waals surface area contributed by atoms with Gasteiger partial charge in [-0.1, -0.05) is 28.1 Å². The molecule has 0 unspecified atom stereocenters. The molecule has 2 N–H and O–H groups in total. The molecule has 26 heavy (non-hydrogen) atoms. The first kappa shape index (κ1) is 19.3. The van der Waals surface area contributed by atoms with Crippen LogP contribution in [0.2, 0.25) is 0 Å². The number of benzene rings is 2. The molecule has 0 aromatic heterocycles. The first-order valence-corrected chi connectivity index (χ1v) is 8.37. The SMILES string of the molecule is COc1ccc(CNC(=O)/C(C#N)=C\c2cc(Br)cc(OC)c2O)cc1. The van der Waals surface area contributed by atoms with Gasteiger partial charge in [0.15, 0.2) is 11.5 Å². The molecule has 0 aliphatic heterocycles. The number of ether oxygens (including phenoxy) is 2. The van der Waals surface area contributed by atoms with E-state index in [2.05, 4.69) is 21.2 Å². The molecule has 0 aliphatic carbocycles. The van der Waals surface area contributed by atoms with E-state index in [1.165, 1.54) is 13.2 Å². The summed E-state index contributed by atoms with van der Waals surface area (Å²) in [7, 11) is 2.99. The molecule has 0 bridgehead atoms. The van der Waals surface area contributed by atoms with Crippen molar-refractivity contribution in [2.45, 2.75) is 6.54 Å². The minimum Gasteiger partial charge on any atom is -0.504 e. The summed E-state index contributed by atoms with van der Waals surface area (Å²) in [6.07, 6.45) is 1.31. The highest BCUT2D eigenvalue weighted by Gasteiger charge is 2.13. The topological polar surface area (TPSA) is 91.6 Å². The Morgan fingerprint density at radius 1 is 1.27 bits per heavy atom. The molecule has 0 atom stereocenters. The maximum Gasteiger partial charge on any atom is 0.262 e. The van der Waals surface area contributed by atoms with Gasteiger partial charge in [-0.05, 0) is 35.9 Å². The highest BCUT2D eigenvalue weighted by Crippen LogP contribution is 2.34. The number of carbonyl (C=O) groups is 1. The van der Waals surface area contributed by atoms with Crippen LogP contribution in [0, 0.1) is 11.3 Å². The molecule has 0 radical (unpaired) electrons. The zero-order valence-corrected chi connectivity index (χ0v) is 15.8. The number of phenolic OH excluding ortho intramolecular Hbond substituents is 1. The average molecular weight is 417 g/mol. The van der Waals surface area contributed by atoms with Crippen LogP contribution in [0.4, 0.5) is 0 Å². The Kier molecular flexibility index (Phi) is 6.64. The van der Waals surface area contributed by atoms with E-state index in [-0.39, 0.29) is 23.6 Å². The highest BCUT2D eigenvalue weighted by atomic mass is 79.9. The van der Waals surface area contributed by atoms with Crippen LogP contribution in [0.25, 0.3) is 6.08 Å². The lowest BCUT2D eigenvalue weighted by Gasteiger charge is -2.08. The van der Waals surface area contributed by atoms with Crippen molar-refractivity contribution in [3.63, 3.8) is 0 Å². The molecular weight excluding hydrogens is 400 g/mol. The molecule has 0 spiro atoms. The molecule has 2 aromatic rings. The molecule has 1 amide bonds. The maximum absolute atomic E-state index is 12.3. The molecule has 0 fully saturated rings. The van der Waals surface area contributed by atoms with Gasteiger partial charge in [0.1, 0.15) is 17.4 Å². The van der Waals surface area contributed by atoms with Crippen LogP contribution >= 0.6 is 15.9 Å². The van der Waals surface area contributed by atoms with Crippen LogP contribution < -0.4 is 14.8 Å².